The van der Waals surface area contributed by atoms with E-state index in [-0.39, 0.29) is 11.6 Å². The number of anilines is 4. The van der Waals surface area contributed by atoms with Gasteiger partial charge >= 0.3 is 0 Å². The third-order valence-corrected chi connectivity index (χ3v) is 3.73. The number of benzene rings is 1. The number of nitrogens with two attached hydrogens (primary N) is 1. The van der Waals surface area contributed by atoms with E-state index in [0.29, 0.717) is 17.6 Å². The molecule has 1 saturated heterocycles. The van der Waals surface area contributed by atoms with Crippen LogP contribution in [0.25, 0.3) is 0 Å². The Morgan fingerprint density at radius 2 is 1.71 bits per heavy atom. The summed E-state index contributed by atoms with van der Waals surface area (Å²) >= 11 is 0. The van der Waals surface area contributed by atoms with Gasteiger partial charge < -0.3 is 10.2 Å². The smallest absolute Gasteiger partial charge is 0.269 e. The van der Waals surface area contributed by atoms with E-state index in [2.05, 4.69) is 30.6 Å². The van der Waals surface area contributed by atoms with Crippen molar-refractivity contribution in [1.82, 2.24) is 15.0 Å². The number of nitro benzene ring substituents is 1. The molecule has 1 aliphatic rings. The second-order valence-electron chi connectivity index (χ2n) is 5.40. The van der Waals surface area contributed by atoms with Crippen LogP contribution < -0.4 is 21.5 Å². The zero-order valence-corrected chi connectivity index (χ0v) is 13.0. The zero-order valence-electron chi connectivity index (χ0n) is 13.0. The summed E-state index contributed by atoms with van der Waals surface area (Å²) in [6.45, 7) is 1.79. The minimum absolute atomic E-state index is 0.0227. The number of rotatable bonds is 5. The van der Waals surface area contributed by atoms with E-state index < -0.39 is 4.92 Å². The van der Waals surface area contributed by atoms with Gasteiger partial charge in [-0.3, -0.25) is 15.5 Å². The second kappa shape index (κ2) is 7.04. The minimum atomic E-state index is -0.447. The fourth-order valence-corrected chi connectivity index (χ4v) is 2.52. The summed E-state index contributed by atoms with van der Waals surface area (Å²) in [6.07, 6.45) is 3.40. The molecule has 2 heterocycles. The van der Waals surface area contributed by atoms with Gasteiger partial charge in [0.25, 0.3) is 5.69 Å². The van der Waals surface area contributed by atoms with Crippen molar-refractivity contribution in [3.8, 4) is 0 Å². The normalized spacial score (nSPS) is 14.3. The lowest BCUT2D eigenvalue weighted by atomic mass is 10.1. The summed E-state index contributed by atoms with van der Waals surface area (Å²) in [5, 5.41) is 13.7. The number of nitrogens with one attached hydrogen (secondary N) is 2. The maximum absolute atomic E-state index is 10.7. The van der Waals surface area contributed by atoms with Gasteiger partial charge in [0.15, 0.2) is 0 Å². The standard InChI is InChI=1S/C14H18N8O2/c15-20-13-17-12(16-10-4-6-11(7-5-10)22(23)24)18-14(19-13)21-8-2-1-3-9-21/h4-7H,1-3,8-9,15H2,(H2,16,17,18,19,20). The van der Waals surface area contributed by atoms with E-state index in [1.54, 1.807) is 12.1 Å². The molecule has 126 valence electrons. The Morgan fingerprint density at radius 3 is 2.33 bits per heavy atom. The highest BCUT2D eigenvalue weighted by Gasteiger charge is 2.16. The first-order valence-corrected chi connectivity index (χ1v) is 7.65. The van der Waals surface area contributed by atoms with Gasteiger partial charge in [0.1, 0.15) is 0 Å². The highest BCUT2D eigenvalue weighted by atomic mass is 16.6. The molecule has 1 aliphatic heterocycles. The number of hydrogen-bond donors (Lipinski definition) is 3. The van der Waals surface area contributed by atoms with Gasteiger partial charge in [-0.15, -0.1) is 0 Å². The molecule has 0 unspecified atom stereocenters. The van der Waals surface area contributed by atoms with Crippen LogP contribution in [0.15, 0.2) is 24.3 Å². The fourth-order valence-electron chi connectivity index (χ4n) is 2.52. The summed E-state index contributed by atoms with van der Waals surface area (Å²) in [5.41, 5.74) is 3.10. The number of hydrazine groups is 1. The average molecular weight is 330 g/mol. The second-order valence-corrected chi connectivity index (χ2v) is 5.40. The molecule has 0 atom stereocenters. The predicted octanol–water partition coefficient (Wildman–Crippen LogP) is 1.80. The van der Waals surface area contributed by atoms with Crippen molar-refractivity contribution in [2.24, 2.45) is 5.84 Å². The van der Waals surface area contributed by atoms with Crippen LogP contribution in [0.2, 0.25) is 0 Å². The minimum Gasteiger partial charge on any atom is -0.341 e. The SMILES string of the molecule is NNc1nc(Nc2ccc([N+](=O)[O-])cc2)nc(N2CCCCC2)n1. The molecular formula is C14H18N8O2. The molecule has 1 aromatic carbocycles. The first-order chi connectivity index (χ1) is 11.7. The molecule has 0 saturated carbocycles. The van der Waals surface area contributed by atoms with Crippen LogP contribution in [0, 0.1) is 10.1 Å². The van der Waals surface area contributed by atoms with Gasteiger partial charge in [-0.1, -0.05) is 0 Å². The van der Waals surface area contributed by atoms with E-state index in [1.165, 1.54) is 18.6 Å². The van der Waals surface area contributed by atoms with Gasteiger partial charge in [-0.25, -0.2) is 5.84 Å². The number of nitro groups is 1. The van der Waals surface area contributed by atoms with Gasteiger partial charge in [0.2, 0.25) is 17.8 Å². The molecule has 0 radical (unpaired) electrons. The molecule has 10 heteroatoms. The average Bonchev–Trinajstić information content (AvgIpc) is 2.62. The Bertz CT molecular complexity index is 715. The lowest BCUT2D eigenvalue weighted by Crippen LogP contribution is -2.31. The van der Waals surface area contributed by atoms with E-state index in [4.69, 9.17) is 5.84 Å². The van der Waals surface area contributed by atoms with Crippen LogP contribution in [0.4, 0.5) is 29.2 Å². The lowest BCUT2D eigenvalue weighted by molar-refractivity contribution is -0.384. The fraction of sp³-hybridized carbons (Fsp3) is 0.357. The Kier molecular flexibility index (Phi) is 4.66. The zero-order chi connectivity index (χ0) is 16.9. The Morgan fingerprint density at radius 1 is 1.04 bits per heavy atom. The Balaban J connectivity index is 1.82. The molecule has 10 nitrogen and oxygen atoms in total. The summed E-state index contributed by atoms with van der Waals surface area (Å²) in [6, 6.07) is 6.02. The largest absolute Gasteiger partial charge is 0.341 e. The van der Waals surface area contributed by atoms with Gasteiger partial charge in [-0.05, 0) is 31.4 Å². The number of piperidine rings is 1. The number of non-ortho nitro benzene ring substituents is 1. The van der Waals surface area contributed by atoms with Crippen molar-refractivity contribution in [3.05, 3.63) is 34.4 Å². The lowest BCUT2D eigenvalue weighted by Gasteiger charge is -2.26. The maximum atomic E-state index is 10.7. The van der Waals surface area contributed by atoms with Gasteiger partial charge in [-0.2, -0.15) is 15.0 Å². The molecule has 4 N–H and O–H groups in total. The van der Waals surface area contributed by atoms with E-state index in [0.717, 1.165) is 25.9 Å². The number of nitrogen functional groups attached to an aromatic ring is 1. The van der Waals surface area contributed by atoms with Gasteiger partial charge in [0, 0.05) is 30.9 Å². The third kappa shape index (κ3) is 3.66. The highest BCUT2D eigenvalue weighted by Crippen LogP contribution is 2.21. The maximum Gasteiger partial charge on any atom is 0.269 e. The van der Waals surface area contributed by atoms with Crippen molar-refractivity contribution in [1.29, 1.82) is 0 Å². The molecule has 3 rings (SSSR count). The summed E-state index contributed by atoms with van der Waals surface area (Å²) in [5.74, 6) is 6.58. The first kappa shape index (κ1) is 15.9. The van der Waals surface area contributed by atoms with E-state index in [1.807, 2.05) is 0 Å². The molecule has 1 fully saturated rings. The van der Waals surface area contributed by atoms with Crippen LogP contribution in [-0.2, 0) is 0 Å². The third-order valence-electron chi connectivity index (χ3n) is 3.73. The molecule has 1 aromatic heterocycles. The quantitative estimate of drug-likeness (QED) is 0.426. The summed E-state index contributed by atoms with van der Waals surface area (Å²) < 4.78 is 0. The van der Waals surface area contributed by atoms with Crippen molar-refractivity contribution >= 4 is 29.2 Å². The monoisotopic (exact) mass is 330 g/mol. The molecule has 2 aromatic rings. The van der Waals surface area contributed by atoms with Crippen LogP contribution in [-0.4, -0.2) is 33.0 Å². The Labute approximate surface area is 138 Å². The van der Waals surface area contributed by atoms with E-state index >= 15 is 0 Å². The number of nitrogens with zero attached hydrogens (tertiary/aromatic N) is 5. The molecule has 24 heavy (non-hydrogen) atoms. The summed E-state index contributed by atoms with van der Waals surface area (Å²) in [4.78, 5) is 25.2. The molecule has 0 spiro atoms. The van der Waals surface area contributed by atoms with Crippen LogP contribution in [0.1, 0.15) is 19.3 Å². The van der Waals surface area contributed by atoms with Crippen molar-refractivity contribution < 1.29 is 4.92 Å². The number of aromatic nitrogens is 3. The van der Waals surface area contributed by atoms with Crippen molar-refractivity contribution in [2.75, 3.05) is 28.7 Å². The molecule has 0 bridgehead atoms. The van der Waals surface area contributed by atoms with Crippen LogP contribution in [0.3, 0.4) is 0 Å². The molecule has 0 amide bonds. The topological polar surface area (TPSA) is 135 Å². The number of hydrogen-bond acceptors (Lipinski definition) is 9. The summed E-state index contributed by atoms with van der Waals surface area (Å²) in [7, 11) is 0. The van der Waals surface area contributed by atoms with Gasteiger partial charge in [0.05, 0.1) is 4.92 Å². The van der Waals surface area contributed by atoms with E-state index in [9.17, 15) is 10.1 Å². The first-order valence-electron chi connectivity index (χ1n) is 7.65. The molecular weight excluding hydrogens is 312 g/mol. The van der Waals surface area contributed by atoms with Crippen molar-refractivity contribution in [3.63, 3.8) is 0 Å². The highest BCUT2D eigenvalue weighted by molar-refractivity contribution is 5.57. The van der Waals surface area contributed by atoms with Crippen LogP contribution in [0.5, 0.6) is 0 Å². The predicted molar refractivity (Wildman–Crippen MR) is 90.1 cm³/mol. The van der Waals surface area contributed by atoms with Crippen LogP contribution >= 0.6 is 0 Å². The molecule has 0 aliphatic carbocycles. The van der Waals surface area contributed by atoms with Crippen molar-refractivity contribution in [2.45, 2.75) is 19.3 Å². The Hall–Kier alpha value is -3.01.